The number of nitrogens with one attached hydrogen (secondary N) is 1. The molecule has 26 heavy (non-hydrogen) atoms. The van der Waals surface area contributed by atoms with Gasteiger partial charge in [-0.2, -0.15) is 0 Å². The van der Waals surface area contributed by atoms with Gasteiger partial charge in [-0.25, -0.2) is 14.5 Å². The summed E-state index contributed by atoms with van der Waals surface area (Å²) in [4.78, 5) is 13.6. The monoisotopic (exact) mass is 344 g/mol. The van der Waals surface area contributed by atoms with Crippen molar-refractivity contribution >= 4 is 22.5 Å². The standard InChI is InChI=1S/C20H20N6/c1-2-5-14(6-3-1)23-20-22-13-19-15(10-12-26(19)25-20)16-8-9-17-18(24-16)7-4-11-21-17/h4,7-14H,1-3,5-6H2,(H,23,25). The van der Waals surface area contributed by atoms with E-state index >= 15 is 0 Å². The van der Waals surface area contributed by atoms with Gasteiger partial charge in [0.15, 0.2) is 0 Å². The minimum Gasteiger partial charge on any atom is -0.350 e. The van der Waals surface area contributed by atoms with E-state index in [9.17, 15) is 0 Å². The first-order valence-corrected chi connectivity index (χ1v) is 9.20. The van der Waals surface area contributed by atoms with Gasteiger partial charge in [0, 0.05) is 24.0 Å². The minimum absolute atomic E-state index is 0.492. The molecule has 0 spiro atoms. The highest BCUT2D eigenvalue weighted by Crippen LogP contribution is 2.26. The third kappa shape index (κ3) is 2.77. The normalized spacial score (nSPS) is 15.5. The molecule has 5 rings (SSSR count). The smallest absolute Gasteiger partial charge is 0.241 e. The largest absolute Gasteiger partial charge is 0.350 e. The summed E-state index contributed by atoms with van der Waals surface area (Å²) in [7, 11) is 0. The second kappa shape index (κ2) is 6.37. The Hall–Kier alpha value is -3.02. The average Bonchev–Trinajstić information content (AvgIpc) is 3.12. The van der Waals surface area contributed by atoms with E-state index in [1.807, 2.05) is 47.2 Å². The number of aromatic nitrogens is 5. The Morgan fingerprint density at radius 2 is 1.88 bits per heavy atom. The molecule has 0 atom stereocenters. The van der Waals surface area contributed by atoms with Crippen molar-refractivity contribution in [1.29, 1.82) is 0 Å². The topological polar surface area (TPSA) is 68.0 Å². The Balaban J connectivity index is 1.48. The maximum Gasteiger partial charge on any atom is 0.241 e. The van der Waals surface area contributed by atoms with Crippen molar-refractivity contribution in [3.05, 3.63) is 48.9 Å². The second-order valence-corrected chi connectivity index (χ2v) is 6.86. The molecule has 1 fully saturated rings. The van der Waals surface area contributed by atoms with Gasteiger partial charge in [-0.3, -0.25) is 4.98 Å². The van der Waals surface area contributed by atoms with Crippen LogP contribution in [-0.4, -0.2) is 30.6 Å². The van der Waals surface area contributed by atoms with Crippen molar-refractivity contribution in [3.63, 3.8) is 0 Å². The fourth-order valence-corrected chi connectivity index (χ4v) is 3.72. The lowest BCUT2D eigenvalue weighted by molar-refractivity contribution is 0.460. The van der Waals surface area contributed by atoms with Gasteiger partial charge in [-0.15, -0.1) is 5.10 Å². The van der Waals surface area contributed by atoms with Crippen LogP contribution >= 0.6 is 0 Å². The lowest BCUT2D eigenvalue weighted by Crippen LogP contribution is -2.23. The number of hydrogen-bond donors (Lipinski definition) is 1. The van der Waals surface area contributed by atoms with Crippen molar-refractivity contribution < 1.29 is 0 Å². The molecule has 0 aromatic carbocycles. The van der Waals surface area contributed by atoms with E-state index in [0.29, 0.717) is 12.0 Å². The number of rotatable bonds is 3. The first kappa shape index (κ1) is 15.3. The van der Waals surface area contributed by atoms with Gasteiger partial charge < -0.3 is 5.32 Å². The summed E-state index contributed by atoms with van der Waals surface area (Å²) in [5, 5.41) is 8.11. The molecule has 4 heterocycles. The molecule has 0 radical (unpaired) electrons. The Morgan fingerprint density at radius 3 is 2.81 bits per heavy atom. The third-order valence-electron chi connectivity index (χ3n) is 5.09. The molecule has 0 bridgehead atoms. The molecule has 1 aliphatic carbocycles. The van der Waals surface area contributed by atoms with Gasteiger partial charge >= 0.3 is 0 Å². The maximum atomic E-state index is 4.74. The van der Waals surface area contributed by atoms with Crippen LogP contribution in [0.1, 0.15) is 32.1 Å². The predicted molar refractivity (Wildman–Crippen MR) is 102 cm³/mol. The summed E-state index contributed by atoms with van der Waals surface area (Å²) in [5.41, 5.74) is 4.68. The van der Waals surface area contributed by atoms with E-state index in [4.69, 9.17) is 4.98 Å². The minimum atomic E-state index is 0.492. The van der Waals surface area contributed by atoms with E-state index in [1.54, 1.807) is 6.20 Å². The number of hydrogen-bond acceptors (Lipinski definition) is 5. The van der Waals surface area contributed by atoms with Gasteiger partial charge in [0.05, 0.1) is 28.4 Å². The predicted octanol–water partition coefficient (Wildman–Crippen LogP) is 4.08. The van der Waals surface area contributed by atoms with Crippen LogP contribution in [0.2, 0.25) is 0 Å². The van der Waals surface area contributed by atoms with E-state index in [0.717, 1.165) is 27.8 Å². The first-order chi connectivity index (χ1) is 12.9. The molecule has 0 unspecified atom stereocenters. The molecular formula is C20H20N6. The quantitative estimate of drug-likeness (QED) is 0.606. The molecule has 0 aliphatic heterocycles. The zero-order valence-corrected chi connectivity index (χ0v) is 14.5. The molecule has 130 valence electrons. The fourth-order valence-electron chi connectivity index (χ4n) is 3.72. The van der Waals surface area contributed by atoms with Crippen molar-refractivity contribution in [3.8, 4) is 11.3 Å². The van der Waals surface area contributed by atoms with Gasteiger partial charge in [0.25, 0.3) is 0 Å². The summed E-state index contributed by atoms with van der Waals surface area (Å²) >= 11 is 0. The van der Waals surface area contributed by atoms with E-state index in [1.165, 1.54) is 32.1 Å². The van der Waals surface area contributed by atoms with Crippen LogP contribution in [0.4, 0.5) is 5.95 Å². The summed E-state index contributed by atoms with van der Waals surface area (Å²) < 4.78 is 1.88. The van der Waals surface area contributed by atoms with E-state index in [-0.39, 0.29) is 0 Å². The zero-order chi connectivity index (χ0) is 17.3. The van der Waals surface area contributed by atoms with Crippen molar-refractivity contribution in [2.75, 3.05) is 5.32 Å². The van der Waals surface area contributed by atoms with Gasteiger partial charge in [-0.1, -0.05) is 19.3 Å². The molecule has 6 nitrogen and oxygen atoms in total. The van der Waals surface area contributed by atoms with Crippen LogP contribution in [0.25, 0.3) is 27.8 Å². The Morgan fingerprint density at radius 1 is 0.962 bits per heavy atom. The van der Waals surface area contributed by atoms with Crippen LogP contribution < -0.4 is 5.32 Å². The van der Waals surface area contributed by atoms with Crippen molar-refractivity contribution in [2.24, 2.45) is 0 Å². The molecule has 0 amide bonds. The Bertz CT molecular complexity index is 1060. The molecule has 4 aromatic rings. The Kier molecular flexibility index (Phi) is 3.74. The molecule has 4 aromatic heterocycles. The van der Waals surface area contributed by atoms with Crippen LogP contribution in [0.5, 0.6) is 0 Å². The summed E-state index contributed by atoms with van der Waals surface area (Å²) in [6.07, 6.45) is 11.9. The highest BCUT2D eigenvalue weighted by molar-refractivity contribution is 5.83. The highest BCUT2D eigenvalue weighted by Gasteiger charge is 2.15. The van der Waals surface area contributed by atoms with E-state index in [2.05, 4.69) is 20.4 Å². The van der Waals surface area contributed by atoms with Crippen molar-refractivity contribution in [1.82, 2.24) is 24.6 Å². The number of pyridine rings is 2. The Labute approximate surface area is 151 Å². The second-order valence-electron chi connectivity index (χ2n) is 6.86. The summed E-state index contributed by atoms with van der Waals surface area (Å²) in [6.45, 7) is 0. The highest BCUT2D eigenvalue weighted by atomic mass is 15.3. The zero-order valence-electron chi connectivity index (χ0n) is 14.5. The number of fused-ring (bicyclic) bond motifs is 2. The summed E-state index contributed by atoms with van der Waals surface area (Å²) in [5.74, 6) is 0.697. The first-order valence-electron chi connectivity index (χ1n) is 9.20. The van der Waals surface area contributed by atoms with Crippen LogP contribution in [0.3, 0.4) is 0 Å². The average molecular weight is 344 g/mol. The molecule has 1 aliphatic rings. The van der Waals surface area contributed by atoms with E-state index < -0.39 is 0 Å². The van der Waals surface area contributed by atoms with Crippen molar-refractivity contribution in [2.45, 2.75) is 38.1 Å². The van der Waals surface area contributed by atoms with Crippen LogP contribution in [0.15, 0.2) is 48.9 Å². The van der Waals surface area contributed by atoms with Gasteiger partial charge in [0.2, 0.25) is 5.95 Å². The van der Waals surface area contributed by atoms with Gasteiger partial charge in [0.1, 0.15) is 0 Å². The lowest BCUT2D eigenvalue weighted by atomic mass is 9.96. The number of nitrogens with zero attached hydrogens (tertiary/aromatic N) is 5. The maximum absolute atomic E-state index is 4.74. The SMILES string of the molecule is c1cnc2ccc(-c3ccn4nc(NC5CCCCC5)ncc34)nc2c1. The van der Waals surface area contributed by atoms with Crippen LogP contribution in [0, 0.1) is 0 Å². The van der Waals surface area contributed by atoms with Crippen LogP contribution in [-0.2, 0) is 0 Å². The molecular weight excluding hydrogens is 324 g/mol. The lowest BCUT2D eigenvalue weighted by Gasteiger charge is -2.22. The fraction of sp³-hybridized carbons (Fsp3) is 0.300. The third-order valence-corrected chi connectivity index (χ3v) is 5.09. The molecule has 1 saturated carbocycles. The molecule has 0 saturated heterocycles. The molecule has 1 N–H and O–H groups in total. The van der Waals surface area contributed by atoms with Gasteiger partial charge in [-0.05, 0) is 43.2 Å². The molecule has 6 heteroatoms. The number of anilines is 1. The summed E-state index contributed by atoms with van der Waals surface area (Å²) in [6, 6.07) is 10.4.